The largest absolute Gasteiger partial charge is 0.481 e. The molecule has 1 unspecified atom stereocenters. The highest BCUT2D eigenvalue weighted by Gasteiger charge is 2.19. The van der Waals surface area contributed by atoms with E-state index < -0.39 is 0 Å². The lowest BCUT2D eigenvalue weighted by atomic mass is 10.1. The summed E-state index contributed by atoms with van der Waals surface area (Å²) >= 11 is 0. The number of aryl methyl sites for hydroxylation is 1. The van der Waals surface area contributed by atoms with Gasteiger partial charge in [0.1, 0.15) is 5.75 Å². The molecule has 0 aliphatic rings. The van der Waals surface area contributed by atoms with Gasteiger partial charge in [0.25, 0.3) is 5.89 Å². The van der Waals surface area contributed by atoms with E-state index in [9.17, 15) is 0 Å². The second-order valence-electron chi connectivity index (χ2n) is 5.15. The minimum Gasteiger partial charge on any atom is -0.481 e. The van der Waals surface area contributed by atoms with Crippen molar-refractivity contribution in [1.29, 1.82) is 0 Å². The molecule has 0 saturated carbocycles. The first-order chi connectivity index (χ1) is 10.8. The van der Waals surface area contributed by atoms with Crippen molar-refractivity contribution in [1.82, 2.24) is 10.1 Å². The van der Waals surface area contributed by atoms with Gasteiger partial charge in [-0.25, -0.2) is 0 Å². The first-order valence-electron chi connectivity index (χ1n) is 7.38. The van der Waals surface area contributed by atoms with E-state index in [0.717, 1.165) is 17.7 Å². The van der Waals surface area contributed by atoms with Crippen LogP contribution in [0.2, 0.25) is 0 Å². The molecule has 4 nitrogen and oxygen atoms in total. The minimum absolute atomic E-state index is 0.242. The Morgan fingerprint density at radius 1 is 1.05 bits per heavy atom. The molecule has 0 aliphatic heterocycles. The quantitative estimate of drug-likeness (QED) is 0.691. The first-order valence-corrected chi connectivity index (χ1v) is 7.38. The van der Waals surface area contributed by atoms with E-state index in [0.29, 0.717) is 11.7 Å². The fraction of sp³-hybridized carbons (Fsp3) is 0.222. The molecule has 1 heterocycles. The number of benzene rings is 2. The second-order valence-corrected chi connectivity index (χ2v) is 5.15. The molecule has 0 fully saturated rings. The number of para-hydroxylation sites is 1. The zero-order valence-electron chi connectivity index (χ0n) is 12.7. The summed E-state index contributed by atoms with van der Waals surface area (Å²) in [5, 5.41) is 4.06. The molecule has 1 atom stereocenters. The average Bonchev–Trinajstić information content (AvgIpc) is 3.04. The van der Waals surface area contributed by atoms with Crippen molar-refractivity contribution < 1.29 is 9.26 Å². The van der Waals surface area contributed by atoms with Crippen LogP contribution in [-0.2, 0) is 0 Å². The van der Waals surface area contributed by atoms with Crippen LogP contribution in [0.25, 0.3) is 11.4 Å². The minimum atomic E-state index is -0.242. The molecular formula is C18H18N2O2. The van der Waals surface area contributed by atoms with E-state index in [-0.39, 0.29) is 6.10 Å². The molecule has 3 rings (SSSR count). The summed E-state index contributed by atoms with van der Waals surface area (Å²) in [4.78, 5) is 4.47. The maximum atomic E-state index is 5.92. The molecule has 3 aromatic rings. The van der Waals surface area contributed by atoms with Crippen molar-refractivity contribution in [3.63, 3.8) is 0 Å². The number of hydrogen-bond acceptors (Lipinski definition) is 4. The number of rotatable bonds is 5. The third-order valence-corrected chi connectivity index (χ3v) is 3.42. The van der Waals surface area contributed by atoms with Crippen LogP contribution < -0.4 is 4.74 Å². The third-order valence-electron chi connectivity index (χ3n) is 3.42. The molecule has 1 aromatic heterocycles. The maximum absolute atomic E-state index is 5.92. The standard InChI is InChI=1S/C18H18N2O2/c1-3-16(21-15-7-5-4-6-8-15)18-19-17(20-22-18)14-11-9-13(2)10-12-14/h4-12,16H,3H2,1-2H3. The monoisotopic (exact) mass is 294 g/mol. The number of ether oxygens (including phenoxy) is 1. The van der Waals surface area contributed by atoms with Gasteiger partial charge in [0.15, 0.2) is 6.10 Å². The molecular weight excluding hydrogens is 276 g/mol. The van der Waals surface area contributed by atoms with Crippen molar-refractivity contribution >= 4 is 0 Å². The van der Waals surface area contributed by atoms with Crippen LogP contribution in [0.15, 0.2) is 59.1 Å². The zero-order valence-corrected chi connectivity index (χ0v) is 12.7. The van der Waals surface area contributed by atoms with Gasteiger partial charge in [-0.3, -0.25) is 0 Å². The summed E-state index contributed by atoms with van der Waals surface area (Å²) in [6.07, 6.45) is 0.513. The first kappa shape index (κ1) is 14.3. The average molecular weight is 294 g/mol. The summed E-state index contributed by atoms with van der Waals surface area (Å²) < 4.78 is 11.3. The Labute approximate surface area is 129 Å². The van der Waals surface area contributed by atoms with Crippen LogP contribution in [0.5, 0.6) is 5.75 Å². The lowest BCUT2D eigenvalue weighted by Crippen LogP contribution is -2.06. The van der Waals surface area contributed by atoms with Crippen LogP contribution in [0.4, 0.5) is 0 Å². The van der Waals surface area contributed by atoms with Crippen LogP contribution >= 0.6 is 0 Å². The predicted molar refractivity (Wildman–Crippen MR) is 84.6 cm³/mol. The molecule has 0 N–H and O–H groups in total. The van der Waals surface area contributed by atoms with Gasteiger partial charge >= 0.3 is 0 Å². The van der Waals surface area contributed by atoms with Crippen LogP contribution in [-0.4, -0.2) is 10.1 Å². The molecule has 0 saturated heterocycles. The van der Waals surface area contributed by atoms with Gasteiger partial charge in [-0.1, -0.05) is 60.1 Å². The fourth-order valence-corrected chi connectivity index (χ4v) is 2.16. The summed E-state index contributed by atoms with van der Waals surface area (Å²) in [7, 11) is 0. The molecule has 112 valence electrons. The number of hydrogen-bond donors (Lipinski definition) is 0. The lowest BCUT2D eigenvalue weighted by Gasteiger charge is -2.13. The zero-order chi connectivity index (χ0) is 15.4. The highest BCUT2D eigenvalue weighted by Crippen LogP contribution is 2.25. The summed E-state index contributed by atoms with van der Waals surface area (Å²) in [5.74, 6) is 1.89. The summed E-state index contributed by atoms with van der Waals surface area (Å²) in [5.41, 5.74) is 2.14. The van der Waals surface area contributed by atoms with E-state index in [1.807, 2.05) is 68.4 Å². The van der Waals surface area contributed by atoms with Crippen molar-refractivity contribution in [2.75, 3.05) is 0 Å². The fourth-order valence-electron chi connectivity index (χ4n) is 2.16. The molecule has 0 aliphatic carbocycles. The van der Waals surface area contributed by atoms with Crippen LogP contribution in [0.3, 0.4) is 0 Å². The third kappa shape index (κ3) is 3.17. The normalized spacial score (nSPS) is 12.1. The van der Waals surface area contributed by atoms with Crippen molar-refractivity contribution in [3.05, 3.63) is 66.1 Å². The topological polar surface area (TPSA) is 48.2 Å². The van der Waals surface area contributed by atoms with E-state index in [4.69, 9.17) is 9.26 Å². The van der Waals surface area contributed by atoms with Crippen molar-refractivity contribution in [2.24, 2.45) is 0 Å². The molecule has 4 heteroatoms. The van der Waals surface area contributed by atoms with Crippen LogP contribution in [0, 0.1) is 6.92 Å². The van der Waals surface area contributed by atoms with Crippen molar-refractivity contribution in [2.45, 2.75) is 26.4 Å². The molecule has 0 amide bonds. The molecule has 2 aromatic carbocycles. The highest BCUT2D eigenvalue weighted by atomic mass is 16.5. The molecule has 0 spiro atoms. The Hall–Kier alpha value is -2.62. The Kier molecular flexibility index (Phi) is 4.19. The van der Waals surface area contributed by atoms with E-state index in [2.05, 4.69) is 10.1 Å². The Balaban J connectivity index is 1.80. The molecule has 0 radical (unpaired) electrons. The van der Waals surface area contributed by atoms with E-state index >= 15 is 0 Å². The van der Waals surface area contributed by atoms with Crippen LogP contribution in [0.1, 0.15) is 30.9 Å². The summed E-state index contributed by atoms with van der Waals surface area (Å²) in [6.45, 7) is 4.08. The van der Waals surface area contributed by atoms with Crippen molar-refractivity contribution in [3.8, 4) is 17.1 Å². The van der Waals surface area contributed by atoms with Gasteiger partial charge in [-0.05, 0) is 25.5 Å². The SMILES string of the molecule is CCC(Oc1ccccc1)c1nc(-c2ccc(C)cc2)no1. The number of aromatic nitrogens is 2. The van der Waals surface area contributed by atoms with Gasteiger partial charge in [0.2, 0.25) is 5.82 Å². The highest BCUT2D eigenvalue weighted by molar-refractivity contribution is 5.54. The van der Waals surface area contributed by atoms with E-state index in [1.54, 1.807) is 0 Å². The van der Waals surface area contributed by atoms with Gasteiger partial charge in [-0.15, -0.1) is 0 Å². The Morgan fingerprint density at radius 3 is 2.45 bits per heavy atom. The molecule has 22 heavy (non-hydrogen) atoms. The van der Waals surface area contributed by atoms with Gasteiger partial charge in [-0.2, -0.15) is 4.98 Å². The van der Waals surface area contributed by atoms with Gasteiger partial charge in [0, 0.05) is 5.56 Å². The maximum Gasteiger partial charge on any atom is 0.268 e. The van der Waals surface area contributed by atoms with E-state index in [1.165, 1.54) is 5.56 Å². The molecule has 0 bridgehead atoms. The van der Waals surface area contributed by atoms with Gasteiger partial charge < -0.3 is 9.26 Å². The predicted octanol–water partition coefficient (Wildman–Crippen LogP) is 4.58. The summed E-state index contributed by atoms with van der Waals surface area (Å²) in [6, 6.07) is 17.7. The lowest BCUT2D eigenvalue weighted by molar-refractivity contribution is 0.154. The second kappa shape index (κ2) is 6.43. The van der Waals surface area contributed by atoms with Gasteiger partial charge in [0.05, 0.1) is 0 Å². The number of nitrogens with zero attached hydrogens (tertiary/aromatic N) is 2. The Morgan fingerprint density at radius 2 is 1.77 bits per heavy atom. The smallest absolute Gasteiger partial charge is 0.268 e. The Bertz CT molecular complexity index is 720.